The van der Waals surface area contributed by atoms with Crippen LogP contribution in [-0.4, -0.2) is 15.9 Å². The van der Waals surface area contributed by atoms with Gasteiger partial charge in [0.2, 0.25) is 5.95 Å². The lowest BCUT2D eigenvalue weighted by atomic mass is 10.2. The molecule has 2 rings (SSSR count). The molecule has 1 aromatic carbocycles. The van der Waals surface area contributed by atoms with Crippen LogP contribution >= 0.6 is 23.2 Å². The van der Waals surface area contributed by atoms with E-state index in [9.17, 15) is 4.79 Å². The summed E-state index contributed by atoms with van der Waals surface area (Å²) in [4.78, 5) is 19.6. The summed E-state index contributed by atoms with van der Waals surface area (Å²) in [5.74, 6) is -0.347. The van der Waals surface area contributed by atoms with Crippen LogP contribution in [-0.2, 0) is 0 Å². The van der Waals surface area contributed by atoms with Gasteiger partial charge in [0.05, 0.1) is 10.6 Å². The molecule has 1 heterocycles. The Balaban J connectivity index is 2.24. The van der Waals surface area contributed by atoms with Gasteiger partial charge in [-0.15, -0.1) is 0 Å². The molecule has 0 unspecified atom stereocenters. The maximum Gasteiger partial charge on any atom is 0.259 e. The number of anilines is 2. The Kier molecular flexibility index (Phi) is 3.64. The van der Waals surface area contributed by atoms with E-state index in [0.717, 1.165) is 0 Å². The minimum absolute atomic E-state index is 0.103. The molecule has 0 fully saturated rings. The Morgan fingerprint density at radius 1 is 1.28 bits per heavy atom. The number of carbonyl (C=O) groups is 1. The normalized spacial score (nSPS) is 10.1. The highest BCUT2D eigenvalue weighted by atomic mass is 35.5. The molecule has 92 valence electrons. The Hall–Kier alpha value is -1.85. The van der Waals surface area contributed by atoms with Gasteiger partial charge in [-0.3, -0.25) is 10.1 Å². The van der Waals surface area contributed by atoms with Crippen molar-refractivity contribution in [2.24, 2.45) is 0 Å². The van der Waals surface area contributed by atoms with Crippen LogP contribution in [0.2, 0.25) is 10.2 Å². The van der Waals surface area contributed by atoms with Crippen molar-refractivity contribution in [1.29, 1.82) is 0 Å². The fraction of sp³-hybridized carbons (Fsp3) is 0. The highest BCUT2D eigenvalue weighted by Crippen LogP contribution is 2.19. The van der Waals surface area contributed by atoms with Gasteiger partial charge >= 0.3 is 0 Å². The molecule has 2 aromatic rings. The fourth-order valence-corrected chi connectivity index (χ4v) is 1.62. The second-order valence-electron chi connectivity index (χ2n) is 3.40. The lowest BCUT2D eigenvalue weighted by Gasteiger charge is -2.06. The zero-order chi connectivity index (χ0) is 13.1. The first kappa shape index (κ1) is 12.6. The van der Waals surface area contributed by atoms with Crippen LogP contribution in [0.4, 0.5) is 11.6 Å². The summed E-state index contributed by atoms with van der Waals surface area (Å²) in [6.45, 7) is 0. The third-order valence-corrected chi connectivity index (χ3v) is 2.62. The van der Waals surface area contributed by atoms with Gasteiger partial charge in [0, 0.05) is 11.9 Å². The molecule has 0 spiro atoms. The average Bonchev–Trinajstić information content (AvgIpc) is 2.32. The van der Waals surface area contributed by atoms with Crippen LogP contribution in [0, 0.1) is 0 Å². The van der Waals surface area contributed by atoms with Gasteiger partial charge in [-0.1, -0.05) is 23.2 Å². The van der Waals surface area contributed by atoms with Crippen LogP contribution in [0.25, 0.3) is 0 Å². The number of nitrogens with one attached hydrogen (secondary N) is 1. The van der Waals surface area contributed by atoms with E-state index in [1.807, 2.05) is 0 Å². The standard InChI is InChI=1S/C11H8Cl2N4O/c12-8-2-1-6(14)5-7(8)10(18)17-11-15-4-3-9(13)16-11/h1-5H,14H2,(H,15,16,17,18). The van der Waals surface area contributed by atoms with Crippen molar-refractivity contribution < 1.29 is 4.79 Å². The van der Waals surface area contributed by atoms with Crippen molar-refractivity contribution in [3.05, 3.63) is 46.2 Å². The average molecular weight is 283 g/mol. The molecule has 1 amide bonds. The number of benzene rings is 1. The molecule has 18 heavy (non-hydrogen) atoms. The number of halogens is 2. The zero-order valence-corrected chi connectivity index (χ0v) is 10.5. The summed E-state index contributed by atoms with van der Waals surface area (Å²) in [5.41, 5.74) is 6.28. The van der Waals surface area contributed by atoms with Crippen molar-refractivity contribution in [2.75, 3.05) is 11.1 Å². The number of carbonyl (C=O) groups excluding carboxylic acids is 1. The first-order valence-corrected chi connectivity index (χ1v) is 5.67. The molecule has 0 radical (unpaired) electrons. The van der Waals surface area contributed by atoms with E-state index in [-0.39, 0.29) is 16.7 Å². The number of nitrogens with two attached hydrogens (primary N) is 1. The Morgan fingerprint density at radius 3 is 2.78 bits per heavy atom. The van der Waals surface area contributed by atoms with E-state index in [1.54, 1.807) is 12.1 Å². The molecule has 0 saturated heterocycles. The maximum atomic E-state index is 11.9. The SMILES string of the molecule is Nc1ccc(Cl)c(C(=O)Nc2nccc(Cl)n2)c1. The topological polar surface area (TPSA) is 80.9 Å². The highest BCUT2D eigenvalue weighted by Gasteiger charge is 2.12. The van der Waals surface area contributed by atoms with Gasteiger partial charge in [-0.2, -0.15) is 0 Å². The molecule has 0 saturated carbocycles. The minimum atomic E-state index is -0.449. The molecule has 7 heteroatoms. The Labute approximate surface area is 113 Å². The minimum Gasteiger partial charge on any atom is -0.399 e. The smallest absolute Gasteiger partial charge is 0.259 e. The predicted octanol–water partition coefficient (Wildman–Crippen LogP) is 2.62. The first-order chi connectivity index (χ1) is 8.56. The molecule has 0 aliphatic heterocycles. The second kappa shape index (κ2) is 5.20. The predicted molar refractivity (Wildman–Crippen MR) is 70.9 cm³/mol. The zero-order valence-electron chi connectivity index (χ0n) is 9.02. The molecule has 3 N–H and O–H groups in total. The number of hydrogen-bond donors (Lipinski definition) is 2. The Morgan fingerprint density at radius 2 is 2.06 bits per heavy atom. The molecule has 0 bridgehead atoms. The van der Waals surface area contributed by atoms with E-state index in [2.05, 4.69) is 15.3 Å². The van der Waals surface area contributed by atoms with Crippen molar-refractivity contribution in [3.8, 4) is 0 Å². The lowest BCUT2D eigenvalue weighted by molar-refractivity contribution is 0.102. The summed E-state index contributed by atoms with van der Waals surface area (Å²) >= 11 is 11.6. The van der Waals surface area contributed by atoms with E-state index < -0.39 is 5.91 Å². The Bertz CT molecular complexity index is 603. The third-order valence-electron chi connectivity index (χ3n) is 2.08. The maximum absolute atomic E-state index is 11.9. The van der Waals surface area contributed by atoms with Crippen LogP contribution < -0.4 is 11.1 Å². The van der Waals surface area contributed by atoms with Crippen molar-refractivity contribution >= 4 is 40.7 Å². The van der Waals surface area contributed by atoms with Gasteiger partial charge in [0.25, 0.3) is 5.91 Å². The number of amides is 1. The number of rotatable bonds is 2. The van der Waals surface area contributed by atoms with Gasteiger partial charge in [-0.25, -0.2) is 9.97 Å². The molecular formula is C11H8Cl2N4O. The number of hydrogen-bond acceptors (Lipinski definition) is 4. The monoisotopic (exact) mass is 282 g/mol. The number of nitrogen functional groups attached to an aromatic ring is 1. The van der Waals surface area contributed by atoms with Gasteiger partial charge < -0.3 is 5.73 Å². The van der Waals surface area contributed by atoms with E-state index in [4.69, 9.17) is 28.9 Å². The van der Waals surface area contributed by atoms with Gasteiger partial charge in [0.1, 0.15) is 5.15 Å². The quantitative estimate of drug-likeness (QED) is 0.655. The summed E-state index contributed by atoms with van der Waals surface area (Å²) in [5, 5.41) is 3.01. The number of nitrogens with zero attached hydrogens (tertiary/aromatic N) is 2. The van der Waals surface area contributed by atoms with Crippen molar-refractivity contribution in [3.63, 3.8) is 0 Å². The molecule has 0 aliphatic rings. The summed E-state index contributed by atoms with van der Waals surface area (Å²) in [6, 6.07) is 6.13. The lowest BCUT2D eigenvalue weighted by Crippen LogP contribution is -2.15. The summed E-state index contributed by atoms with van der Waals surface area (Å²) < 4.78 is 0. The second-order valence-corrected chi connectivity index (χ2v) is 4.19. The van der Waals surface area contributed by atoms with Crippen LogP contribution in [0.1, 0.15) is 10.4 Å². The van der Waals surface area contributed by atoms with E-state index in [0.29, 0.717) is 10.7 Å². The summed E-state index contributed by atoms with van der Waals surface area (Å²) in [6.07, 6.45) is 1.44. The van der Waals surface area contributed by atoms with E-state index in [1.165, 1.54) is 18.3 Å². The molecule has 5 nitrogen and oxygen atoms in total. The van der Waals surface area contributed by atoms with Gasteiger partial charge in [0.15, 0.2) is 0 Å². The number of aromatic nitrogens is 2. The van der Waals surface area contributed by atoms with Crippen molar-refractivity contribution in [2.45, 2.75) is 0 Å². The van der Waals surface area contributed by atoms with Crippen LogP contribution in [0.5, 0.6) is 0 Å². The molecule has 1 aromatic heterocycles. The largest absolute Gasteiger partial charge is 0.399 e. The molecule has 0 aliphatic carbocycles. The molecular weight excluding hydrogens is 275 g/mol. The van der Waals surface area contributed by atoms with Crippen LogP contribution in [0.15, 0.2) is 30.5 Å². The highest BCUT2D eigenvalue weighted by molar-refractivity contribution is 6.34. The first-order valence-electron chi connectivity index (χ1n) is 4.91. The third kappa shape index (κ3) is 2.88. The van der Waals surface area contributed by atoms with Crippen molar-refractivity contribution in [1.82, 2.24) is 9.97 Å². The fourth-order valence-electron chi connectivity index (χ4n) is 1.28. The van der Waals surface area contributed by atoms with Crippen LogP contribution in [0.3, 0.4) is 0 Å². The summed E-state index contributed by atoms with van der Waals surface area (Å²) in [7, 11) is 0. The van der Waals surface area contributed by atoms with Gasteiger partial charge in [-0.05, 0) is 24.3 Å². The van der Waals surface area contributed by atoms with E-state index >= 15 is 0 Å². The molecule has 0 atom stereocenters.